The lowest BCUT2D eigenvalue weighted by atomic mass is 9.99. The van der Waals surface area contributed by atoms with E-state index >= 15 is 0 Å². The first-order valence-electron chi connectivity index (χ1n) is 7.75. The van der Waals surface area contributed by atoms with Gasteiger partial charge in [-0.25, -0.2) is 0 Å². The Morgan fingerprint density at radius 2 is 2.00 bits per heavy atom. The molecule has 1 aliphatic rings. The van der Waals surface area contributed by atoms with Crippen LogP contribution in [0.15, 0.2) is 30.3 Å². The van der Waals surface area contributed by atoms with Crippen molar-refractivity contribution in [2.24, 2.45) is 0 Å². The Bertz CT molecular complexity index is 376. The van der Waals surface area contributed by atoms with Crippen molar-refractivity contribution in [3.63, 3.8) is 0 Å². The first kappa shape index (κ1) is 15.5. The number of likely N-dealkylation sites (N-methyl/N-ethyl adjacent to an activating group) is 1. The maximum atomic E-state index is 5.46. The molecular formula is C17H28N2O. The molecule has 0 saturated carbocycles. The summed E-state index contributed by atoms with van der Waals surface area (Å²) in [7, 11) is 4.30. The number of nitrogens with one attached hydrogen (secondary N) is 1. The summed E-state index contributed by atoms with van der Waals surface area (Å²) in [5, 5.41) is 3.67. The van der Waals surface area contributed by atoms with Crippen molar-refractivity contribution < 1.29 is 4.74 Å². The predicted molar refractivity (Wildman–Crippen MR) is 83.9 cm³/mol. The molecule has 0 radical (unpaired) electrons. The van der Waals surface area contributed by atoms with Crippen LogP contribution < -0.4 is 5.32 Å². The Morgan fingerprint density at radius 3 is 2.55 bits per heavy atom. The number of rotatable bonds is 8. The topological polar surface area (TPSA) is 24.5 Å². The second kappa shape index (κ2) is 7.77. The van der Waals surface area contributed by atoms with Gasteiger partial charge in [0.05, 0.1) is 6.10 Å². The van der Waals surface area contributed by atoms with Crippen molar-refractivity contribution in [2.75, 3.05) is 27.2 Å². The Labute approximate surface area is 123 Å². The van der Waals surface area contributed by atoms with Crippen LogP contribution in [0.2, 0.25) is 0 Å². The lowest BCUT2D eigenvalue weighted by Crippen LogP contribution is -2.40. The lowest BCUT2D eigenvalue weighted by Gasteiger charge is -2.32. The average molecular weight is 276 g/mol. The zero-order valence-electron chi connectivity index (χ0n) is 13.0. The lowest BCUT2D eigenvalue weighted by molar-refractivity contribution is -0.0553. The molecule has 20 heavy (non-hydrogen) atoms. The molecule has 1 N–H and O–H groups in total. The smallest absolute Gasteiger partial charge is 0.0597 e. The highest BCUT2D eigenvalue weighted by Crippen LogP contribution is 2.22. The molecule has 1 fully saturated rings. The van der Waals surface area contributed by atoms with Gasteiger partial charge in [-0.05, 0) is 52.4 Å². The number of nitrogens with zero attached hydrogens (tertiary/aromatic N) is 1. The fourth-order valence-electron chi connectivity index (χ4n) is 2.97. The highest BCUT2D eigenvalue weighted by atomic mass is 16.5. The van der Waals surface area contributed by atoms with Crippen LogP contribution in [0.1, 0.15) is 37.8 Å². The van der Waals surface area contributed by atoms with E-state index in [1.165, 1.54) is 24.8 Å². The summed E-state index contributed by atoms with van der Waals surface area (Å²) in [6.07, 6.45) is 4.17. The first-order chi connectivity index (χ1) is 9.68. The molecule has 0 bridgehead atoms. The minimum Gasteiger partial charge on any atom is -0.378 e. The summed E-state index contributed by atoms with van der Waals surface area (Å²) in [6, 6.07) is 11.6. The van der Waals surface area contributed by atoms with Gasteiger partial charge in [0.15, 0.2) is 0 Å². The van der Waals surface area contributed by atoms with E-state index < -0.39 is 0 Å². The monoisotopic (exact) mass is 276 g/mol. The molecule has 1 aromatic rings. The molecule has 3 unspecified atom stereocenters. The fourth-order valence-corrected chi connectivity index (χ4v) is 2.97. The zero-order valence-corrected chi connectivity index (χ0v) is 13.0. The van der Waals surface area contributed by atoms with Crippen LogP contribution in [-0.4, -0.2) is 44.3 Å². The SMILES string of the molecule is CC(NCCCC1CCO1)C(c1ccccc1)N(C)C. The highest BCUT2D eigenvalue weighted by Gasteiger charge is 2.21. The largest absolute Gasteiger partial charge is 0.378 e. The Hall–Kier alpha value is -0.900. The molecule has 1 aliphatic heterocycles. The van der Waals surface area contributed by atoms with Gasteiger partial charge >= 0.3 is 0 Å². The van der Waals surface area contributed by atoms with Crippen molar-refractivity contribution in [2.45, 2.75) is 44.4 Å². The number of hydrogen-bond donors (Lipinski definition) is 1. The molecule has 112 valence electrons. The summed E-state index contributed by atoms with van der Waals surface area (Å²) in [6.45, 7) is 4.31. The van der Waals surface area contributed by atoms with Gasteiger partial charge in [-0.2, -0.15) is 0 Å². The third kappa shape index (κ3) is 4.30. The zero-order chi connectivity index (χ0) is 14.4. The van der Waals surface area contributed by atoms with Crippen LogP contribution in [-0.2, 0) is 4.74 Å². The van der Waals surface area contributed by atoms with E-state index in [0.29, 0.717) is 18.2 Å². The first-order valence-corrected chi connectivity index (χ1v) is 7.75. The molecular weight excluding hydrogens is 248 g/mol. The van der Waals surface area contributed by atoms with E-state index in [4.69, 9.17) is 4.74 Å². The van der Waals surface area contributed by atoms with Crippen LogP contribution in [0, 0.1) is 0 Å². The number of ether oxygens (including phenoxy) is 1. The van der Waals surface area contributed by atoms with Gasteiger partial charge in [0.25, 0.3) is 0 Å². The molecule has 0 aliphatic carbocycles. The molecule has 0 spiro atoms. The van der Waals surface area contributed by atoms with Gasteiger partial charge in [-0.15, -0.1) is 0 Å². The Balaban J connectivity index is 1.79. The van der Waals surface area contributed by atoms with Gasteiger partial charge in [0.1, 0.15) is 0 Å². The summed E-state index contributed by atoms with van der Waals surface area (Å²) in [5.41, 5.74) is 1.37. The predicted octanol–water partition coefficient (Wildman–Crippen LogP) is 2.84. The van der Waals surface area contributed by atoms with Crippen molar-refractivity contribution in [1.82, 2.24) is 10.2 Å². The van der Waals surface area contributed by atoms with E-state index in [2.05, 4.69) is 61.6 Å². The van der Waals surface area contributed by atoms with Crippen molar-refractivity contribution in [3.05, 3.63) is 35.9 Å². The van der Waals surface area contributed by atoms with Crippen LogP contribution in [0.5, 0.6) is 0 Å². The van der Waals surface area contributed by atoms with Gasteiger partial charge in [0.2, 0.25) is 0 Å². The van der Waals surface area contributed by atoms with Gasteiger partial charge in [-0.3, -0.25) is 0 Å². The standard InChI is InChI=1S/C17H28N2O/c1-14(18-12-7-10-16-11-13-20-16)17(19(2)3)15-8-5-4-6-9-15/h4-6,8-9,14,16-18H,7,10-13H2,1-3H3. The average Bonchev–Trinajstić information content (AvgIpc) is 2.37. The highest BCUT2D eigenvalue weighted by molar-refractivity contribution is 5.20. The quantitative estimate of drug-likeness (QED) is 0.739. The molecule has 0 amide bonds. The van der Waals surface area contributed by atoms with E-state index in [0.717, 1.165) is 13.2 Å². The summed E-state index contributed by atoms with van der Waals surface area (Å²) < 4.78 is 5.46. The Kier molecular flexibility index (Phi) is 6.02. The Morgan fingerprint density at radius 1 is 1.30 bits per heavy atom. The molecule has 0 aromatic heterocycles. The minimum atomic E-state index is 0.413. The molecule has 3 heteroatoms. The molecule has 3 atom stereocenters. The molecule has 3 nitrogen and oxygen atoms in total. The third-order valence-electron chi connectivity index (χ3n) is 4.13. The molecule has 2 rings (SSSR count). The maximum Gasteiger partial charge on any atom is 0.0597 e. The normalized spacial score (nSPS) is 21.5. The fraction of sp³-hybridized carbons (Fsp3) is 0.647. The van der Waals surface area contributed by atoms with Gasteiger partial charge in [-0.1, -0.05) is 30.3 Å². The van der Waals surface area contributed by atoms with E-state index in [1.807, 2.05) is 0 Å². The minimum absolute atomic E-state index is 0.413. The van der Waals surface area contributed by atoms with E-state index in [1.54, 1.807) is 0 Å². The van der Waals surface area contributed by atoms with E-state index in [9.17, 15) is 0 Å². The second-order valence-corrected chi connectivity index (χ2v) is 5.99. The number of hydrogen-bond acceptors (Lipinski definition) is 3. The van der Waals surface area contributed by atoms with Crippen LogP contribution in [0.3, 0.4) is 0 Å². The van der Waals surface area contributed by atoms with Crippen LogP contribution >= 0.6 is 0 Å². The third-order valence-corrected chi connectivity index (χ3v) is 4.13. The van der Waals surface area contributed by atoms with Gasteiger partial charge in [0, 0.05) is 18.7 Å². The van der Waals surface area contributed by atoms with Crippen molar-refractivity contribution >= 4 is 0 Å². The maximum absolute atomic E-state index is 5.46. The molecule has 1 saturated heterocycles. The van der Waals surface area contributed by atoms with Crippen molar-refractivity contribution in [3.8, 4) is 0 Å². The molecule has 1 aromatic carbocycles. The summed E-state index contributed by atoms with van der Waals surface area (Å²) in [4.78, 5) is 2.29. The van der Waals surface area contributed by atoms with Gasteiger partial charge < -0.3 is 15.0 Å². The summed E-state index contributed by atoms with van der Waals surface area (Å²) >= 11 is 0. The van der Waals surface area contributed by atoms with E-state index in [-0.39, 0.29) is 0 Å². The molecule has 1 heterocycles. The van der Waals surface area contributed by atoms with Crippen molar-refractivity contribution in [1.29, 1.82) is 0 Å². The van der Waals surface area contributed by atoms with Crippen LogP contribution in [0.4, 0.5) is 0 Å². The number of benzene rings is 1. The second-order valence-electron chi connectivity index (χ2n) is 5.99. The van der Waals surface area contributed by atoms with Crippen LogP contribution in [0.25, 0.3) is 0 Å². The summed E-state index contributed by atoms with van der Waals surface area (Å²) in [5.74, 6) is 0.